The monoisotopic (exact) mass is 397 g/mol. The number of amides is 1. The van der Waals surface area contributed by atoms with Crippen LogP contribution in [0.3, 0.4) is 0 Å². The first kappa shape index (κ1) is 18.4. The Balaban J connectivity index is 1.54. The van der Waals surface area contributed by atoms with Crippen LogP contribution in [0, 0.1) is 6.92 Å². The van der Waals surface area contributed by atoms with E-state index in [0.29, 0.717) is 35.9 Å². The molecule has 1 aromatic carbocycles. The highest BCUT2D eigenvalue weighted by molar-refractivity contribution is 6.31. The van der Waals surface area contributed by atoms with Gasteiger partial charge in [0.1, 0.15) is 12.4 Å². The van der Waals surface area contributed by atoms with E-state index in [1.54, 1.807) is 18.0 Å². The predicted molar refractivity (Wildman–Crippen MR) is 108 cm³/mol. The molecule has 0 aliphatic heterocycles. The largest absolute Gasteiger partial charge is 0.340 e. The number of aromatic nitrogens is 4. The highest BCUT2D eigenvalue weighted by Gasteiger charge is 2.19. The summed E-state index contributed by atoms with van der Waals surface area (Å²) in [5, 5.41) is 0.659. The van der Waals surface area contributed by atoms with Crippen LogP contribution in [0.2, 0.25) is 0 Å². The van der Waals surface area contributed by atoms with Gasteiger partial charge in [-0.3, -0.25) is 19.1 Å². The van der Waals surface area contributed by atoms with Gasteiger partial charge in [0.15, 0.2) is 0 Å². The van der Waals surface area contributed by atoms with Gasteiger partial charge in [0.2, 0.25) is 5.91 Å². The second-order valence-electron chi connectivity index (χ2n) is 7.06. The second-order valence-corrected chi connectivity index (χ2v) is 7.55. The maximum Gasteiger partial charge on any atom is 0.269 e. The molecule has 1 aliphatic rings. The van der Waals surface area contributed by atoms with Crippen molar-refractivity contribution in [3.05, 3.63) is 62.6 Å². The third-order valence-electron chi connectivity index (χ3n) is 4.87. The number of carbonyl (C=O) groups is 1. The number of aryl methyl sites for hydroxylation is 2. The number of hydrogen-bond acceptors (Lipinski definition) is 4. The van der Waals surface area contributed by atoms with Gasteiger partial charge in [-0.1, -0.05) is 17.7 Å². The standard InChI is InChI=1S/C20H20ClN5O2/c1-12-3-5-14-16(7-12)24-18(23-14)10-25(2)20(28)11-26-17-8-13(21)4-6-15(17)22-9-19(26)27/h3,5,7-9H,4,6,10-11H2,1-2H3,(H,23,24). The molecule has 1 aliphatic carbocycles. The fraction of sp³-hybridized carbons (Fsp3) is 0.300. The molecule has 1 N–H and O–H groups in total. The minimum atomic E-state index is -0.317. The van der Waals surface area contributed by atoms with Gasteiger partial charge in [-0.25, -0.2) is 4.98 Å². The van der Waals surface area contributed by atoms with Gasteiger partial charge in [-0.2, -0.15) is 0 Å². The Morgan fingerprint density at radius 1 is 1.36 bits per heavy atom. The number of aromatic amines is 1. The van der Waals surface area contributed by atoms with Gasteiger partial charge in [-0.05, 0) is 43.5 Å². The zero-order valence-corrected chi connectivity index (χ0v) is 16.5. The fourth-order valence-corrected chi connectivity index (χ4v) is 3.54. The second kappa shape index (κ2) is 7.24. The quantitative estimate of drug-likeness (QED) is 0.733. The molecular formula is C20H20ClN5O2. The number of allylic oxidation sites excluding steroid dienone is 1. The molecule has 0 bridgehead atoms. The number of benzene rings is 1. The van der Waals surface area contributed by atoms with Crippen LogP contribution in [0.5, 0.6) is 0 Å². The third kappa shape index (κ3) is 3.57. The Morgan fingerprint density at radius 3 is 3.00 bits per heavy atom. The number of nitrogens with zero attached hydrogens (tertiary/aromatic N) is 4. The summed E-state index contributed by atoms with van der Waals surface area (Å²) in [5.41, 5.74) is 4.02. The molecule has 0 spiro atoms. The number of nitrogens with one attached hydrogen (secondary N) is 1. The van der Waals surface area contributed by atoms with E-state index in [2.05, 4.69) is 15.0 Å². The Hall–Kier alpha value is -2.93. The Labute approximate surface area is 166 Å². The van der Waals surface area contributed by atoms with E-state index in [9.17, 15) is 9.59 Å². The molecule has 28 heavy (non-hydrogen) atoms. The van der Waals surface area contributed by atoms with Crippen molar-refractivity contribution >= 4 is 34.6 Å². The average Bonchev–Trinajstić information content (AvgIpc) is 3.05. The molecule has 7 nitrogen and oxygen atoms in total. The number of halogens is 1. The van der Waals surface area contributed by atoms with Crippen molar-refractivity contribution in [2.24, 2.45) is 0 Å². The third-order valence-corrected chi connectivity index (χ3v) is 5.17. The molecular weight excluding hydrogens is 378 g/mol. The van der Waals surface area contributed by atoms with Crippen molar-refractivity contribution in [3.8, 4) is 0 Å². The summed E-state index contributed by atoms with van der Waals surface area (Å²) in [4.78, 5) is 38.6. The zero-order chi connectivity index (χ0) is 19.8. The van der Waals surface area contributed by atoms with E-state index in [0.717, 1.165) is 22.3 Å². The van der Waals surface area contributed by atoms with Gasteiger partial charge in [0, 0.05) is 12.1 Å². The molecule has 4 rings (SSSR count). The van der Waals surface area contributed by atoms with Gasteiger partial charge < -0.3 is 9.88 Å². The highest BCUT2D eigenvalue weighted by atomic mass is 35.5. The van der Waals surface area contributed by atoms with Crippen LogP contribution in [0.15, 0.2) is 34.2 Å². The van der Waals surface area contributed by atoms with Crippen LogP contribution in [0.25, 0.3) is 17.1 Å². The van der Waals surface area contributed by atoms with Crippen LogP contribution >= 0.6 is 11.6 Å². The van der Waals surface area contributed by atoms with Gasteiger partial charge in [0.05, 0.1) is 35.2 Å². The minimum absolute atomic E-state index is 0.0693. The van der Waals surface area contributed by atoms with Gasteiger partial charge in [-0.15, -0.1) is 0 Å². The average molecular weight is 398 g/mol. The molecule has 2 heterocycles. The lowest BCUT2D eigenvalue weighted by Gasteiger charge is -2.20. The number of fused-ring (bicyclic) bond motifs is 2. The number of H-pyrrole nitrogens is 1. The molecule has 1 amide bonds. The smallest absolute Gasteiger partial charge is 0.269 e. The number of hydrogen-bond donors (Lipinski definition) is 1. The fourth-order valence-electron chi connectivity index (χ4n) is 3.34. The summed E-state index contributed by atoms with van der Waals surface area (Å²) in [6.07, 6.45) is 4.34. The number of carbonyl (C=O) groups excluding carboxylic acids is 1. The summed E-state index contributed by atoms with van der Waals surface area (Å²) < 4.78 is 1.44. The molecule has 0 saturated carbocycles. The molecule has 0 saturated heterocycles. The Morgan fingerprint density at radius 2 is 2.18 bits per heavy atom. The van der Waals surface area contributed by atoms with E-state index < -0.39 is 0 Å². The van der Waals surface area contributed by atoms with Crippen molar-refractivity contribution in [1.29, 1.82) is 0 Å². The summed E-state index contributed by atoms with van der Waals surface area (Å²) in [6.45, 7) is 2.27. The lowest BCUT2D eigenvalue weighted by Crippen LogP contribution is -2.35. The predicted octanol–water partition coefficient (Wildman–Crippen LogP) is 2.61. The van der Waals surface area contributed by atoms with E-state index in [1.807, 2.05) is 25.1 Å². The molecule has 0 atom stereocenters. The van der Waals surface area contributed by atoms with Crippen LogP contribution in [-0.4, -0.2) is 37.4 Å². The lowest BCUT2D eigenvalue weighted by molar-refractivity contribution is -0.131. The first-order chi connectivity index (χ1) is 13.4. The van der Waals surface area contributed by atoms with Crippen LogP contribution < -0.4 is 5.56 Å². The normalized spacial score (nSPS) is 13.3. The van der Waals surface area contributed by atoms with Crippen molar-refractivity contribution in [1.82, 2.24) is 24.4 Å². The van der Waals surface area contributed by atoms with E-state index >= 15 is 0 Å². The summed E-state index contributed by atoms with van der Waals surface area (Å²) >= 11 is 6.14. The van der Waals surface area contributed by atoms with Crippen LogP contribution in [-0.2, 0) is 24.3 Å². The SMILES string of the molecule is Cc1ccc2nc(CN(C)C(=O)Cn3c4c(ncc3=O)CCC(Cl)=C4)[nH]c2c1. The topological polar surface area (TPSA) is 83.9 Å². The molecule has 144 valence electrons. The van der Waals surface area contributed by atoms with Crippen molar-refractivity contribution in [2.45, 2.75) is 32.9 Å². The summed E-state index contributed by atoms with van der Waals surface area (Å²) in [6, 6.07) is 5.97. The number of rotatable bonds is 4. The van der Waals surface area contributed by atoms with Crippen LogP contribution in [0.1, 0.15) is 29.2 Å². The molecule has 2 aromatic heterocycles. The van der Waals surface area contributed by atoms with Gasteiger partial charge in [0.25, 0.3) is 5.56 Å². The van der Waals surface area contributed by atoms with E-state index in [-0.39, 0.29) is 18.0 Å². The van der Waals surface area contributed by atoms with Crippen LogP contribution in [0.4, 0.5) is 0 Å². The molecule has 0 unspecified atom stereocenters. The van der Waals surface area contributed by atoms with Crippen molar-refractivity contribution in [2.75, 3.05) is 7.05 Å². The lowest BCUT2D eigenvalue weighted by atomic mass is 10.1. The van der Waals surface area contributed by atoms with Crippen molar-refractivity contribution < 1.29 is 4.79 Å². The first-order valence-electron chi connectivity index (χ1n) is 9.05. The van der Waals surface area contributed by atoms with E-state index in [1.165, 1.54) is 10.8 Å². The number of imidazole rings is 1. The molecule has 8 heteroatoms. The van der Waals surface area contributed by atoms with Gasteiger partial charge >= 0.3 is 0 Å². The Kier molecular flexibility index (Phi) is 4.77. The highest BCUT2D eigenvalue weighted by Crippen LogP contribution is 2.23. The maximum atomic E-state index is 12.8. The Bertz CT molecular complexity index is 1160. The summed E-state index contributed by atoms with van der Waals surface area (Å²) in [7, 11) is 1.70. The van der Waals surface area contributed by atoms with E-state index in [4.69, 9.17) is 11.6 Å². The first-order valence-corrected chi connectivity index (χ1v) is 9.42. The molecule has 0 fully saturated rings. The minimum Gasteiger partial charge on any atom is -0.340 e. The molecule has 0 radical (unpaired) electrons. The zero-order valence-electron chi connectivity index (χ0n) is 15.7. The number of likely N-dealkylation sites (N-methyl/N-ethyl adjacent to an activating group) is 1. The summed E-state index contributed by atoms with van der Waals surface area (Å²) in [5.74, 6) is 0.505. The van der Waals surface area contributed by atoms with Crippen molar-refractivity contribution in [3.63, 3.8) is 0 Å². The maximum absolute atomic E-state index is 12.8. The molecule has 3 aromatic rings.